The van der Waals surface area contributed by atoms with Crippen LogP contribution in [0.5, 0.6) is 11.5 Å². The molecule has 1 aliphatic rings. The number of carbonyl (C=O) groups is 2. The molecule has 112 valence electrons. The van der Waals surface area contributed by atoms with Gasteiger partial charge in [-0.05, 0) is 18.2 Å². The van der Waals surface area contributed by atoms with Crippen molar-refractivity contribution < 1.29 is 24.2 Å². The number of hydrogen-bond donors (Lipinski definition) is 2. The Morgan fingerprint density at radius 3 is 1.83 bits per heavy atom. The van der Waals surface area contributed by atoms with Crippen LogP contribution in [0.2, 0.25) is 0 Å². The molecule has 0 unspecified atom stereocenters. The minimum absolute atomic E-state index is 0.0122. The molecular formula is C18H9FO4. The molecule has 0 aromatic heterocycles. The maximum Gasteiger partial charge on any atom is 0.198 e. The van der Waals surface area contributed by atoms with E-state index in [1.54, 1.807) is 12.1 Å². The maximum atomic E-state index is 13.4. The van der Waals surface area contributed by atoms with E-state index in [1.165, 1.54) is 18.2 Å². The Balaban J connectivity index is 2.18. The topological polar surface area (TPSA) is 74.6 Å². The van der Waals surface area contributed by atoms with E-state index in [2.05, 4.69) is 0 Å². The molecule has 0 fully saturated rings. The second-order valence-electron chi connectivity index (χ2n) is 5.34. The normalized spacial score (nSPS) is 13.1. The number of aromatic hydroxyl groups is 2. The molecule has 0 heterocycles. The molecule has 0 aliphatic heterocycles. The van der Waals surface area contributed by atoms with E-state index in [0.717, 1.165) is 12.1 Å². The standard InChI is InChI=1S/C18H9FO4/c19-8-5-6-11-12(7-8)18(23)14-13(17(11)22)15(20)9-3-1-2-4-10(9)16(14)21/h1-7,22-23H. The summed E-state index contributed by atoms with van der Waals surface area (Å²) >= 11 is 0. The Morgan fingerprint density at radius 2 is 1.26 bits per heavy atom. The van der Waals surface area contributed by atoms with Crippen LogP contribution >= 0.6 is 0 Å². The number of fused-ring (bicyclic) bond motifs is 3. The zero-order valence-corrected chi connectivity index (χ0v) is 11.6. The SMILES string of the molecule is O=C1c2ccccc2C(=O)c2c1c(O)c1ccc(F)cc1c2O. The second-order valence-corrected chi connectivity index (χ2v) is 5.34. The van der Waals surface area contributed by atoms with E-state index in [9.17, 15) is 24.2 Å². The average molecular weight is 308 g/mol. The molecule has 0 atom stereocenters. The molecule has 0 saturated carbocycles. The van der Waals surface area contributed by atoms with Crippen LogP contribution in [0.3, 0.4) is 0 Å². The molecule has 0 amide bonds. The van der Waals surface area contributed by atoms with Gasteiger partial charge in [0.25, 0.3) is 0 Å². The smallest absolute Gasteiger partial charge is 0.198 e. The van der Waals surface area contributed by atoms with Crippen molar-refractivity contribution in [3.63, 3.8) is 0 Å². The average Bonchev–Trinajstić information content (AvgIpc) is 2.56. The molecule has 3 aromatic carbocycles. The van der Waals surface area contributed by atoms with Crippen molar-refractivity contribution in [1.82, 2.24) is 0 Å². The molecule has 23 heavy (non-hydrogen) atoms. The molecule has 4 rings (SSSR count). The highest BCUT2D eigenvalue weighted by atomic mass is 19.1. The minimum atomic E-state index is -0.623. The van der Waals surface area contributed by atoms with E-state index < -0.39 is 28.9 Å². The highest BCUT2D eigenvalue weighted by Crippen LogP contribution is 2.44. The quantitative estimate of drug-likeness (QED) is 0.489. The molecule has 5 heteroatoms. The molecule has 0 saturated heterocycles. The van der Waals surface area contributed by atoms with Crippen molar-refractivity contribution in [2.45, 2.75) is 0 Å². The van der Waals surface area contributed by atoms with Gasteiger partial charge in [-0.15, -0.1) is 0 Å². The van der Waals surface area contributed by atoms with Crippen molar-refractivity contribution >= 4 is 22.3 Å². The molecule has 4 nitrogen and oxygen atoms in total. The first-order chi connectivity index (χ1) is 11.0. The molecule has 1 aliphatic carbocycles. The van der Waals surface area contributed by atoms with Gasteiger partial charge < -0.3 is 10.2 Å². The lowest BCUT2D eigenvalue weighted by atomic mass is 9.81. The largest absolute Gasteiger partial charge is 0.506 e. The van der Waals surface area contributed by atoms with Gasteiger partial charge in [0.05, 0.1) is 11.1 Å². The van der Waals surface area contributed by atoms with Crippen molar-refractivity contribution in [3.8, 4) is 11.5 Å². The zero-order valence-electron chi connectivity index (χ0n) is 11.6. The summed E-state index contributed by atoms with van der Waals surface area (Å²) in [6.45, 7) is 0. The Labute approximate surface area is 129 Å². The first-order valence-corrected chi connectivity index (χ1v) is 6.86. The number of ketones is 2. The van der Waals surface area contributed by atoms with Crippen LogP contribution in [0.15, 0.2) is 42.5 Å². The van der Waals surface area contributed by atoms with E-state index in [4.69, 9.17) is 0 Å². The van der Waals surface area contributed by atoms with Crippen molar-refractivity contribution in [1.29, 1.82) is 0 Å². The number of phenols is 2. The van der Waals surface area contributed by atoms with Gasteiger partial charge in [-0.25, -0.2) is 4.39 Å². The highest BCUT2D eigenvalue weighted by molar-refractivity contribution is 6.32. The van der Waals surface area contributed by atoms with Gasteiger partial charge in [-0.2, -0.15) is 0 Å². The van der Waals surface area contributed by atoms with Gasteiger partial charge in [-0.3, -0.25) is 9.59 Å². The fourth-order valence-corrected chi connectivity index (χ4v) is 3.02. The molecule has 0 radical (unpaired) electrons. The van der Waals surface area contributed by atoms with Gasteiger partial charge in [0.15, 0.2) is 11.6 Å². The summed E-state index contributed by atoms with van der Waals surface area (Å²) in [6.07, 6.45) is 0. The first-order valence-electron chi connectivity index (χ1n) is 6.86. The number of carbonyl (C=O) groups excluding carboxylic acids is 2. The lowest BCUT2D eigenvalue weighted by Crippen LogP contribution is -2.21. The third kappa shape index (κ3) is 1.64. The van der Waals surface area contributed by atoms with Crippen LogP contribution in [0.25, 0.3) is 10.8 Å². The monoisotopic (exact) mass is 308 g/mol. The summed E-state index contributed by atoms with van der Waals surface area (Å²) in [5.41, 5.74) is -0.216. The van der Waals surface area contributed by atoms with Crippen LogP contribution in [0.4, 0.5) is 4.39 Å². The maximum absolute atomic E-state index is 13.4. The number of phenolic OH excluding ortho intramolecular Hbond substituents is 2. The van der Waals surface area contributed by atoms with Crippen molar-refractivity contribution in [2.24, 2.45) is 0 Å². The number of benzene rings is 3. The van der Waals surface area contributed by atoms with E-state index >= 15 is 0 Å². The van der Waals surface area contributed by atoms with Crippen LogP contribution < -0.4 is 0 Å². The molecule has 0 spiro atoms. The number of rotatable bonds is 0. The molecular weight excluding hydrogens is 299 g/mol. The Hall–Kier alpha value is -3.21. The Kier molecular flexibility index (Phi) is 2.57. The first kappa shape index (κ1) is 13.5. The van der Waals surface area contributed by atoms with Gasteiger partial charge in [0.2, 0.25) is 0 Å². The zero-order chi connectivity index (χ0) is 16.3. The lowest BCUT2D eigenvalue weighted by Gasteiger charge is -2.21. The van der Waals surface area contributed by atoms with Gasteiger partial charge in [0, 0.05) is 21.9 Å². The van der Waals surface area contributed by atoms with Crippen LogP contribution in [0, 0.1) is 5.82 Å². The fraction of sp³-hybridized carbons (Fsp3) is 0. The van der Waals surface area contributed by atoms with E-state index in [1.807, 2.05) is 0 Å². The third-order valence-corrected chi connectivity index (χ3v) is 4.09. The fourth-order valence-electron chi connectivity index (χ4n) is 3.02. The summed E-state index contributed by atoms with van der Waals surface area (Å²) < 4.78 is 13.4. The van der Waals surface area contributed by atoms with Gasteiger partial charge >= 0.3 is 0 Å². The summed E-state index contributed by atoms with van der Waals surface area (Å²) in [5.74, 6) is -2.67. The van der Waals surface area contributed by atoms with Crippen LogP contribution in [-0.4, -0.2) is 21.8 Å². The molecule has 0 bridgehead atoms. The summed E-state index contributed by atoms with van der Waals surface area (Å²) in [6, 6.07) is 9.57. The Morgan fingerprint density at radius 1 is 0.739 bits per heavy atom. The third-order valence-electron chi connectivity index (χ3n) is 4.09. The minimum Gasteiger partial charge on any atom is -0.506 e. The van der Waals surface area contributed by atoms with E-state index in [0.29, 0.717) is 0 Å². The Bertz CT molecular complexity index is 1040. The van der Waals surface area contributed by atoms with Crippen molar-refractivity contribution in [3.05, 3.63) is 70.5 Å². The van der Waals surface area contributed by atoms with Crippen LogP contribution in [0.1, 0.15) is 31.8 Å². The molecule has 2 N–H and O–H groups in total. The summed E-state index contributed by atoms with van der Waals surface area (Å²) in [5, 5.41) is 20.9. The summed E-state index contributed by atoms with van der Waals surface area (Å²) in [7, 11) is 0. The summed E-state index contributed by atoms with van der Waals surface area (Å²) in [4.78, 5) is 25.3. The van der Waals surface area contributed by atoms with Gasteiger partial charge in [-0.1, -0.05) is 24.3 Å². The van der Waals surface area contributed by atoms with E-state index in [-0.39, 0.29) is 33.0 Å². The lowest BCUT2D eigenvalue weighted by molar-refractivity contribution is 0.0974. The van der Waals surface area contributed by atoms with Crippen molar-refractivity contribution in [2.75, 3.05) is 0 Å². The predicted octanol–water partition coefficient (Wildman–Crippen LogP) is 3.17. The van der Waals surface area contributed by atoms with Gasteiger partial charge in [0.1, 0.15) is 17.3 Å². The molecule has 3 aromatic rings. The highest BCUT2D eigenvalue weighted by Gasteiger charge is 2.35. The second kappa shape index (κ2) is 4.39. The van der Waals surface area contributed by atoms with Crippen LogP contribution in [-0.2, 0) is 0 Å². The predicted molar refractivity (Wildman–Crippen MR) is 80.5 cm³/mol. The number of halogens is 1. The number of hydrogen-bond acceptors (Lipinski definition) is 4.